The van der Waals surface area contributed by atoms with Crippen LogP contribution in [0.2, 0.25) is 0 Å². The Bertz CT molecular complexity index is 607. The Kier molecular flexibility index (Phi) is 3.37. The fourth-order valence-electron chi connectivity index (χ4n) is 2.46. The maximum absolute atomic E-state index is 11.1. The number of carbonyl (C=O) groups is 1. The number of aromatic nitrogens is 1. The molecule has 2 aromatic rings. The Morgan fingerprint density at radius 2 is 1.95 bits per heavy atom. The lowest BCUT2D eigenvalue weighted by Crippen LogP contribution is -2.24. The van der Waals surface area contributed by atoms with Gasteiger partial charge in [0.15, 0.2) is 0 Å². The number of aromatic amines is 1. The number of H-pyrrole nitrogens is 1. The molecular formula is C15H21N3O. The molecule has 5 N–H and O–H groups in total. The first kappa shape index (κ1) is 13.6. The monoisotopic (exact) mass is 259 g/mol. The summed E-state index contributed by atoms with van der Waals surface area (Å²) in [6, 6.07) is 7.63. The highest BCUT2D eigenvalue weighted by Crippen LogP contribution is 2.35. The molecule has 0 bridgehead atoms. The Hall–Kier alpha value is -1.81. The van der Waals surface area contributed by atoms with E-state index in [2.05, 4.69) is 25.8 Å². The van der Waals surface area contributed by atoms with Gasteiger partial charge in [0.1, 0.15) is 0 Å². The van der Waals surface area contributed by atoms with E-state index in [1.165, 1.54) is 0 Å². The minimum absolute atomic E-state index is 0.0659. The SMILES string of the molecule is CC(C)(C)c1[nH]c2ccccc2c1C(N)CC(N)=O. The summed E-state index contributed by atoms with van der Waals surface area (Å²) in [7, 11) is 0. The molecule has 1 aromatic heterocycles. The van der Waals surface area contributed by atoms with Crippen molar-refractivity contribution in [1.82, 2.24) is 4.98 Å². The number of rotatable bonds is 3. The Balaban J connectivity index is 2.64. The molecule has 0 spiro atoms. The van der Waals surface area contributed by atoms with Gasteiger partial charge in [-0.2, -0.15) is 0 Å². The van der Waals surface area contributed by atoms with Gasteiger partial charge >= 0.3 is 0 Å². The average Bonchev–Trinajstić information content (AvgIpc) is 2.66. The van der Waals surface area contributed by atoms with E-state index in [4.69, 9.17) is 11.5 Å². The fraction of sp³-hybridized carbons (Fsp3) is 0.400. The van der Waals surface area contributed by atoms with Gasteiger partial charge in [-0.3, -0.25) is 4.79 Å². The number of amides is 1. The first-order chi connectivity index (χ1) is 8.80. The van der Waals surface area contributed by atoms with Crippen LogP contribution < -0.4 is 11.5 Å². The molecule has 0 fully saturated rings. The topological polar surface area (TPSA) is 84.9 Å². The number of carbonyl (C=O) groups excluding carboxylic acids is 1. The minimum atomic E-state index is -0.377. The van der Waals surface area contributed by atoms with E-state index in [1.807, 2.05) is 24.3 Å². The average molecular weight is 259 g/mol. The van der Waals surface area contributed by atoms with Crippen LogP contribution in [0.5, 0.6) is 0 Å². The van der Waals surface area contributed by atoms with Crippen LogP contribution in [0.1, 0.15) is 44.5 Å². The van der Waals surface area contributed by atoms with E-state index in [0.29, 0.717) is 0 Å². The van der Waals surface area contributed by atoms with Crippen molar-refractivity contribution in [2.45, 2.75) is 38.6 Å². The Morgan fingerprint density at radius 3 is 2.53 bits per heavy atom. The van der Waals surface area contributed by atoms with E-state index < -0.39 is 0 Å². The summed E-state index contributed by atoms with van der Waals surface area (Å²) in [4.78, 5) is 14.6. The van der Waals surface area contributed by atoms with E-state index in [0.717, 1.165) is 22.2 Å². The second-order valence-electron chi connectivity index (χ2n) is 5.99. The third-order valence-corrected chi connectivity index (χ3v) is 3.29. The Morgan fingerprint density at radius 1 is 1.32 bits per heavy atom. The Labute approximate surface area is 113 Å². The standard InChI is InChI=1S/C15H21N3O/c1-15(2,3)14-13(10(16)8-12(17)19)9-6-4-5-7-11(9)18-14/h4-7,10,18H,8,16H2,1-3H3,(H2,17,19). The first-order valence-electron chi connectivity index (χ1n) is 6.45. The zero-order valence-electron chi connectivity index (χ0n) is 11.7. The van der Waals surface area contributed by atoms with Gasteiger partial charge in [-0.1, -0.05) is 39.0 Å². The molecule has 4 nitrogen and oxygen atoms in total. The number of primary amides is 1. The number of hydrogen-bond donors (Lipinski definition) is 3. The zero-order chi connectivity index (χ0) is 14.2. The van der Waals surface area contributed by atoms with Crippen LogP contribution in [0.25, 0.3) is 10.9 Å². The van der Waals surface area contributed by atoms with Crippen molar-refractivity contribution in [3.05, 3.63) is 35.5 Å². The molecule has 2 rings (SSSR count). The highest BCUT2D eigenvalue weighted by Gasteiger charge is 2.26. The third-order valence-electron chi connectivity index (χ3n) is 3.29. The van der Waals surface area contributed by atoms with Crippen LogP contribution in [-0.2, 0) is 10.2 Å². The van der Waals surface area contributed by atoms with Crippen molar-refractivity contribution >= 4 is 16.8 Å². The van der Waals surface area contributed by atoms with Crippen LogP contribution in [0.4, 0.5) is 0 Å². The van der Waals surface area contributed by atoms with Gasteiger partial charge in [-0.05, 0) is 11.6 Å². The smallest absolute Gasteiger partial charge is 0.219 e. The molecule has 19 heavy (non-hydrogen) atoms. The fourth-order valence-corrected chi connectivity index (χ4v) is 2.46. The summed E-state index contributed by atoms with van der Waals surface area (Å²) in [6.07, 6.45) is 0.158. The van der Waals surface area contributed by atoms with Gasteiger partial charge in [0.25, 0.3) is 0 Å². The van der Waals surface area contributed by atoms with Gasteiger partial charge in [0.05, 0.1) is 0 Å². The summed E-state index contributed by atoms with van der Waals surface area (Å²) in [6.45, 7) is 6.37. The maximum atomic E-state index is 11.1. The molecular weight excluding hydrogens is 238 g/mol. The number of nitrogens with one attached hydrogen (secondary N) is 1. The number of benzene rings is 1. The van der Waals surface area contributed by atoms with Crippen molar-refractivity contribution in [2.75, 3.05) is 0 Å². The van der Waals surface area contributed by atoms with Crippen LogP contribution in [0, 0.1) is 0 Å². The number of fused-ring (bicyclic) bond motifs is 1. The van der Waals surface area contributed by atoms with E-state index in [1.54, 1.807) is 0 Å². The third kappa shape index (κ3) is 2.63. The molecule has 1 aromatic carbocycles. The normalized spacial score (nSPS) is 13.7. The predicted octanol–water partition coefficient (Wildman–Crippen LogP) is 2.34. The second kappa shape index (κ2) is 4.70. The molecule has 1 atom stereocenters. The number of nitrogens with two attached hydrogens (primary N) is 2. The van der Waals surface area contributed by atoms with Crippen LogP contribution in [-0.4, -0.2) is 10.9 Å². The summed E-state index contributed by atoms with van der Waals surface area (Å²) < 4.78 is 0. The van der Waals surface area contributed by atoms with Gasteiger partial charge in [0, 0.05) is 34.5 Å². The maximum Gasteiger partial charge on any atom is 0.219 e. The molecule has 0 aliphatic rings. The van der Waals surface area contributed by atoms with E-state index in [9.17, 15) is 4.79 Å². The lowest BCUT2D eigenvalue weighted by Gasteiger charge is -2.22. The lowest BCUT2D eigenvalue weighted by atomic mass is 9.86. The summed E-state index contributed by atoms with van der Waals surface area (Å²) in [5, 5.41) is 1.07. The van der Waals surface area contributed by atoms with Crippen molar-refractivity contribution in [3.63, 3.8) is 0 Å². The quantitative estimate of drug-likeness (QED) is 0.790. The van der Waals surface area contributed by atoms with E-state index >= 15 is 0 Å². The summed E-state index contributed by atoms with van der Waals surface area (Å²) in [5.74, 6) is -0.377. The number of para-hydroxylation sites is 1. The molecule has 4 heteroatoms. The molecule has 102 valence electrons. The van der Waals surface area contributed by atoms with Crippen LogP contribution in [0.15, 0.2) is 24.3 Å². The molecule has 0 aliphatic carbocycles. The number of hydrogen-bond acceptors (Lipinski definition) is 2. The molecule has 1 heterocycles. The van der Waals surface area contributed by atoms with Gasteiger partial charge in [0.2, 0.25) is 5.91 Å². The van der Waals surface area contributed by atoms with Crippen molar-refractivity contribution in [2.24, 2.45) is 11.5 Å². The predicted molar refractivity (Wildman–Crippen MR) is 77.7 cm³/mol. The molecule has 0 saturated carbocycles. The molecule has 0 radical (unpaired) electrons. The largest absolute Gasteiger partial charge is 0.370 e. The summed E-state index contributed by atoms with van der Waals surface area (Å²) in [5.41, 5.74) is 14.5. The minimum Gasteiger partial charge on any atom is -0.370 e. The molecule has 1 unspecified atom stereocenters. The summed E-state index contributed by atoms with van der Waals surface area (Å²) >= 11 is 0. The van der Waals surface area contributed by atoms with E-state index in [-0.39, 0.29) is 23.8 Å². The second-order valence-corrected chi connectivity index (χ2v) is 5.99. The lowest BCUT2D eigenvalue weighted by molar-refractivity contribution is -0.118. The molecule has 0 saturated heterocycles. The van der Waals surface area contributed by atoms with Crippen LogP contribution >= 0.6 is 0 Å². The van der Waals surface area contributed by atoms with Crippen LogP contribution in [0.3, 0.4) is 0 Å². The van der Waals surface area contributed by atoms with Gasteiger partial charge < -0.3 is 16.5 Å². The molecule has 1 amide bonds. The first-order valence-corrected chi connectivity index (χ1v) is 6.45. The van der Waals surface area contributed by atoms with Crippen molar-refractivity contribution in [1.29, 1.82) is 0 Å². The van der Waals surface area contributed by atoms with Crippen molar-refractivity contribution in [3.8, 4) is 0 Å². The van der Waals surface area contributed by atoms with Gasteiger partial charge in [-0.15, -0.1) is 0 Å². The zero-order valence-corrected chi connectivity index (χ0v) is 11.7. The highest BCUT2D eigenvalue weighted by atomic mass is 16.1. The van der Waals surface area contributed by atoms with Crippen molar-refractivity contribution < 1.29 is 4.79 Å². The highest BCUT2D eigenvalue weighted by molar-refractivity contribution is 5.86. The molecule has 0 aliphatic heterocycles. The van der Waals surface area contributed by atoms with Gasteiger partial charge in [-0.25, -0.2) is 0 Å².